The van der Waals surface area contributed by atoms with E-state index in [1.807, 2.05) is 0 Å². The first-order valence-electron chi connectivity index (χ1n) is 6.17. The van der Waals surface area contributed by atoms with Crippen LogP contribution in [0.1, 0.15) is 22.8 Å². The molecule has 0 aromatic heterocycles. The zero-order valence-electron chi connectivity index (χ0n) is 11.6. The van der Waals surface area contributed by atoms with E-state index in [2.05, 4.69) is 5.32 Å². The SMILES string of the molecule is CCN(CC(F)(F)F)C(=O)Nc1cccc(C(N)=O)c1C. The highest BCUT2D eigenvalue weighted by atomic mass is 19.4. The standard InChI is InChI=1S/C13H16F3N3O2/c1-3-19(7-13(14,15)16)12(21)18-10-6-4-5-9(8(10)2)11(17)20/h4-6H,3,7H2,1-2H3,(H2,17,20)(H,18,21). The number of amides is 3. The third kappa shape index (κ3) is 4.66. The molecule has 0 aliphatic rings. The maximum absolute atomic E-state index is 12.4. The summed E-state index contributed by atoms with van der Waals surface area (Å²) in [7, 11) is 0. The van der Waals surface area contributed by atoms with Crippen molar-refractivity contribution in [3.05, 3.63) is 29.3 Å². The summed E-state index contributed by atoms with van der Waals surface area (Å²) >= 11 is 0. The number of hydrogen-bond donors (Lipinski definition) is 2. The van der Waals surface area contributed by atoms with Gasteiger partial charge in [-0.15, -0.1) is 0 Å². The van der Waals surface area contributed by atoms with Crippen LogP contribution in [0.3, 0.4) is 0 Å². The Balaban J connectivity index is 2.92. The lowest BCUT2D eigenvalue weighted by Crippen LogP contribution is -2.41. The minimum absolute atomic E-state index is 0.0973. The Morgan fingerprint density at radius 3 is 2.43 bits per heavy atom. The van der Waals surface area contributed by atoms with Gasteiger partial charge < -0.3 is 16.0 Å². The molecule has 1 aromatic carbocycles. The zero-order valence-corrected chi connectivity index (χ0v) is 11.6. The van der Waals surface area contributed by atoms with Gasteiger partial charge in [0.1, 0.15) is 6.54 Å². The van der Waals surface area contributed by atoms with E-state index >= 15 is 0 Å². The highest BCUT2D eigenvalue weighted by Crippen LogP contribution is 2.20. The Hall–Kier alpha value is -2.25. The number of anilines is 1. The van der Waals surface area contributed by atoms with Gasteiger partial charge in [-0.05, 0) is 31.5 Å². The van der Waals surface area contributed by atoms with Gasteiger partial charge in [0.05, 0.1) is 0 Å². The number of hydrogen-bond acceptors (Lipinski definition) is 2. The maximum atomic E-state index is 12.4. The van der Waals surface area contributed by atoms with Crippen LogP contribution in [-0.2, 0) is 0 Å². The lowest BCUT2D eigenvalue weighted by Gasteiger charge is -2.23. The number of benzene rings is 1. The Morgan fingerprint density at radius 2 is 1.95 bits per heavy atom. The number of halogens is 3. The van der Waals surface area contributed by atoms with Crippen molar-refractivity contribution in [1.29, 1.82) is 0 Å². The van der Waals surface area contributed by atoms with Crippen molar-refractivity contribution in [2.24, 2.45) is 5.73 Å². The van der Waals surface area contributed by atoms with E-state index in [-0.39, 0.29) is 17.8 Å². The molecule has 8 heteroatoms. The third-order valence-corrected chi connectivity index (χ3v) is 2.88. The third-order valence-electron chi connectivity index (χ3n) is 2.88. The van der Waals surface area contributed by atoms with E-state index in [1.54, 1.807) is 6.92 Å². The fraction of sp³-hybridized carbons (Fsp3) is 0.385. The molecule has 0 unspecified atom stereocenters. The number of carbonyl (C=O) groups excluding carboxylic acids is 2. The van der Waals surface area contributed by atoms with E-state index in [4.69, 9.17) is 5.73 Å². The van der Waals surface area contributed by atoms with E-state index in [0.717, 1.165) is 0 Å². The van der Waals surface area contributed by atoms with Crippen LogP contribution in [0.4, 0.5) is 23.7 Å². The molecule has 1 aromatic rings. The molecule has 0 heterocycles. The lowest BCUT2D eigenvalue weighted by atomic mass is 10.1. The zero-order chi connectivity index (χ0) is 16.2. The second-order valence-electron chi connectivity index (χ2n) is 4.40. The van der Waals surface area contributed by atoms with Crippen LogP contribution < -0.4 is 11.1 Å². The lowest BCUT2D eigenvalue weighted by molar-refractivity contribution is -0.139. The van der Waals surface area contributed by atoms with E-state index < -0.39 is 24.7 Å². The molecule has 3 amide bonds. The molecular formula is C13H16F3N3O2. The first-order chi connectivity index (χ1) is 9.65. The summed E-state index contributed by atoms with van der Waals surface area (Å²) in [6.45, 7) is 1.55. The highest BCUT2D eigenvalue weighted by Gasteiger charge is 2.32. The molecule has 0 radical (unpaired) electrons. The number of alkyl halides is 3. The molecule has 0 spiro atoms. The maximum Gasteiger partial charge on any atom is 0.406 e. The first-order valence-corrected chi connectivity index (χ1v) is 6.17. The molecule has 0 fully saturated rings. The van der Waals surface area contributed by atoms with E-state index in [0.29, 0.717) is 10.5 Å². The summed E-state index contributed by atoms with van der Waals surface area (Å²) in [6, 6.07) is 3.56. The van der Waals surface area contributed by atoms with Crippen LogP contribution in [0.5, 0.6) is 0 Å². The first kappa shape index (κ1) is 16.8. The monoisotopic (exact) mass is 303 g/mol. The molecule has 5 nitrogen and oxygen atoms in total. The van der Waals surface area contributed by atoms with Gasteiger partial charge in [-0.25, -0.2) is 4.79 Å². The second kappa shape index (κ2) is 6.47. The molecule has 0 saturated carbocycles. The number of nitrogens with two attached hydrogens (primary N) is 1. The topological polar surface area (TPSA) is 75.4 Å². The van der Waals surface area contributed by atoms with Crippen molar-refractivity contribution in [3.63, 3.8) is 0 Å². The second-order valence-corrected chi connectivity index (χ2v) is 4.40. The van der Waals surface area contributed by atoms with Crippen molar-refractivity contribution in [3.8, 4) is 0 Å². The largest absolute Gasteiger partial charge is 0.406 e. The average Bonchev–Trinajstić information content (AvgIpc) is 2.36. The van der Waals surface area contributed by atoms with Crippen molar-refractivity contribution in [1.82, 2.24) is 4.90 Å². The smallest absolute Gasteiger partial charge is 0.366 e. The minimum atomic E-state index is -4.47. The van der Waals surface area contributed by atoms with Gasteiger partial charge in [0, 0.05) is 17.8 Å². The van der Waals surface area contributed by atoms with Crippen molar-refractivity contribution in [2.75, 3.05) is 18.4 Å². The molecule has 0 bridgehead atoms. The number of carbonyl (C=O) groups is 2. The van der Waals surface area contributed by atoms with Crippen LogP contribution in [0.15, 0.2) is 18.2 Å². The van der Waals surface area contributed by atoms with Gasteiger partial charge in [0.25, 0.3) is 0 Å². The molecule has 0 saturated heterocycles. The summed E-state index contributed by atoms with van der Waals surface area (Å²) < 4.78 is 37.1. The van der Waals surface area contributed by atoms with Crippen LogP contribution in [-0.4, -0.2) is 36.1 Å². The summed E-state index contributed by atoms with van der Waals surface area (Å²) in [6.07, 6.45) is -4.47. The van der Waals surface area contributed by atoms with Gasteiger partial charge in [-0.3, -0.25) is 4.79 Å². The van der Waals surface area contributed by atoms with Crippen molar-refractivity contribution in [2.45, 2.75) is 20.0 Å². The fourth-order valence-corrected chi connectivity index (χ4v) is 1.78. The van der Waals surface area contributed by atoms with Crippen molar-refractivity contribution >= 4 is 17.6 Å². The molecule has 1 rings (SSSR count). The summed E-state index contributed by atoms with van der Waals surface area (Å²) in [5.41, 5.74) is 6.02. The minimum Gasteiger partial charge on any atom is -0.366 e. The number of primary amides is 1. The average molecular weight is 303 g/mol. The Bertz CT molecular complexity index is 544. The normalized spacial score (nSPS) is 11.1. The molecule has 116 valence electrons. The van der Waals surface area contributed by atoms with Crippen LogP contribution in [0.2, 0.25) is 0 Å². The predicted molar refractivity (Wildman–Crippen MR) is 72.0 cm³/mol. The fourth-order valence-electron chi connectivity index (χ4n) is 1.78. The number of rotatable bonds is 4. The van der Waals surface area contributed by atoms with Crippen LogP contribution in [0.25, 0.3) is 0 Å². The van der Waals surface area contributed by atoms with Crippen LogP contribution in [0, 0.1) is 6.92 Å². The Kier molecular flexibility index (Phi) is 5.17. The Morgan fingerprint density at radius 1 is 1.33 bits per heavy atom. The van der Waals surface area contributed by atoms with Gasteiger partial charge >= 0.3 is 12.2 Å². The highest BCUT2D eigenvalue weighted by molar-refractivity contribution is 5.98. The van der Waals surface area contributed by atoms with E-state index in [1.165, 1.54) is 25.1 Å². The van der Waals surface area contributed by atoms with Gasteiger partial charge in [-0.2, -0.15) is 13.2 Å². The Labute approximate surface area is 119 Å². The van der Waals surface area contributed by atoms with Crippen LogP contribution >= 0.6 is 0 Å². The summed E-state index contributed by atoms with van der Waals surface area (Å²) in [4.78, 5) is 23.7. The molecule has 0 atom stereocenters. The molecule has 0 aliphatic carbocycles. The number of nitrogens with one attached hydrogen (secondary N) is 1. The molecule has 21 heavy (non-hydrogen) atoms. The molecule has 0 aliphatic heterocycles. The number of urea groups is 1. The van der Waals surface area contributed by atoms with Gasteiger partial charge in [0.2, 0.25) is 5.91 Å². The van der Waals surface area contributed by atoms with Crippen molar-refractivity contribution < 1.29 is 22.8 Å². The van der Waals surface area contributed by atoms with Gasteiger partial charge in [0.15, 0.2) is 0 Å². The number of nitrogens with zero attached hydrogens (tertiary/aromatic N) is 1. The predicted octanol–water partition coefficient (Wildman–Crippen LogP) is 2.51. The summed E-state index contributed by atoms with van der Waals surface area (Å²) in [5, 5.41) is 2.36. The molecule has 3 N–H and O–H groups in total. The molecular weight excluding hydrogens is 287 g/mol. The van der Waals surface area contributed by atoms with Gasteiger partial charge in [-0.1, -0.05) is 6.07 Å². The summed E-state index contributed by atoms with van der Waals surface area (Å²) in [5.74, 6) is -0.675. The quantitative estimate of drug-likeness (QED) is 0.896. The van der Waals surface area contributed by atoms with E-state index in [9.17, 15) is 22.8 Å².